The van der Waals surface area contributed by atoms with Crippen molar-refractivity contribution in [2.45, 2.75) is 39.2 Å². The Morgan fingerprint density at radius 3 is 2.86 bits per heavy atom. The molecule has 114 valence electrons. The van der Waals surface area contributed by atoms with Gasteiger partial charge in [0.1, 0.15) is 11.8 Å². The molecule has 1 aromatic carbocycles. The largest absolute Gasteiger partial charge is 0.493 e. The Kier molecular flexibility index (Phi) is 4.83. The van der Waals surface area contributed by atoms with Gasteiger partial charge in [-0.15, -0.1) is 0 Å². The van der Waals surface area contributed by atoms with Crippen molar-refractivity contribution in [1.29, 1.82) is 0 Å². The number of nitrogens with zero attached hydrogens (tertiary/aromatic N) is 1. The maximum absolute atomic E-state index is 12.7. The molecule has 1 atom stereocenters. The lowest BCUT2D eigenvalue weighted by molar-refractivity contribution is -0.141. The van der Waals surface area contributed by atoms with Crippen LogP contribution in [-0.2, 0) is 4.79 Å². The number of ether oxygens (including phenoxy) is 1. The first-order valence-electron chi connectivity index (χ1n) is 7.31. The quantitative estimate of drug-likeness (QED) is 0.905. The highest BCUT2D eigenvalue weighted by Crippen LogP contribution is 2.26. The number of carboxylic acid groups (broad SMARTS) is 1. The molecule has 1 aliphatic rings. The molecule has 0 aromatic heterocycles. The summed E-state index contributed by atoms with van der Waals surface area (Å²) in [5, 5.41) is 9.22. The summed E-state index contributed by atoms with van der Waals surface area (Å²) in [6.07, 6.45) is 2.08. The van der Waals surface area contributed by atoms with Gasteiger partial charge < -0.3 is 14.7 Å². The van der Waals surface area contributed by atoms with E-state index in [1.165, 1.54) is 4.90 Å². The van der Waals surface area contributed by atoms with Crippen LogP contribution in [0.25, 0.3) is 0 Å². The Hall–Kier alpha value is -2.04. The van der Waals surface area contributed by atoms with Gasteiger partial charge in [-0.25, -0.2) is 4.79 Å². The number of carboxylic acids is 1. The van der Waals surface area contributed by atoms with Crippen molar-refractivity contribution < 1.29 is 19.4 Å². The lowest BCUT2D eigenvalue weighted by Gasteiger charge is -2.23. The van der Waals surface area contributed by atoms with Crippen molar-refractivity contribution in [3.63, 3.8) is 0 Å². The summed E-state index contributed by atoms with van der Waals surface area (Å²) in [6.45, 7) is 4.91. The molecule has 5 heteroatoms. The van der Waals surface area contributed by atoms with Crippen molar-refractivity contribution in [3.8, 4) is 5.75 Å². The number of likely N-dealkylation sites (tertiary alicyclic amines) is 1. The first kappa shape index (κ1) is 15.4. The SMILES string of the molecule is CCCOc1ccc(C)cc1C(=O)N1CCCC1C(=O)O. The fourth-order valence-electron chi connectivity index (χ4n) is 2.57. The first-order chi connectivity index (χ1) is 10.0. The average molecular weight is 291 g/mol. The van der Waals surface area contributed by atoms with E-state index in [1.807, 2.05) is 19.9 Å². The van der Waals surface area contributed by atoms with Gasteiger partial charge in [0.15, 0.2) is 0 Å². The van der Waals surface area contributed by atoms with E-state index in [0.717, 1.165) is 18.4 Å². The molecule has 1 unspecified atom stereocenters. The number of aryl methyl sites for hydroxylation is 1. The molecular formula is C16H21NO4. The zero-order valence-electron chi connectivity index (χ0n) is 12.5. The van der Waals surface area contributed by atoms with Crippen molar-refractivity contribution in [2.75, 3.05) is 13.2 Å². The number of amides is 1. The Labute approximate surface area is 124 Å². The second-order valence-electron chi connectivity index (χ2n) is 5.34. The zero-order valence-corrected chi connectivity index (χ0v) is 12.5. The second kappa shape index (κ2) is 6.61. The second-order valence-corrected chi connectivity index (χ2v) is 5.34. The minimum Gasteiger partial charge on any atom is -0.493 e. The van der Waals surface area contributed by atoms with E-state index in [1.54, 1.807) is 12.1 Å². The summed E-state index contributed by atoms with van der Waals surface area (Å²) in [6, 6.07) is 4.71. The minimum atomic E-state index is -0.940. The van der Waals surface area contributed by atoms with Gasteiger partial charge in [0.2, 0.25) is 0 Å². The van der Waals surface area contributed by atoms with Crippen molar-refractivity contribution >= 4 is 11.9 Å². The molecule has 1 saturated heterocycles. The van der Waals surface area contributed by atoms with Crippen molar-refractivity contribution in [1.82, 2.24) is 4.90 Å². The number of hydrogen-bond acceptors (Lipinski definition) is 3. The molecule has 2 rings (SSSR count). The van der Waals surface area contributed by atoms with Crippen molar-refractivity contribution in [2.24, 2.45) is 0 Å². The van der Waals surface area contributed by atoms with Crippen LogP contribution < -0.4 is 4.74 Å². The topological polar surface area (TPSA) is 66.8 Å². The van der Waals surface area contributed by atoms with Gasteiger partial charge in [-0.1, -0.05) is 18.6 Å². The van der Waals surface area contributed by atoms with Crippen LogP contribution in [-0.4, -0.2) is 41.1 Å². The highest BCUT2D eigenvalue weighted by atomic mass is 16.5. The van der Waals surface area contributed by atoms with E-state index in [0.29, 0.717) is 30.9 Å². The third kappa shape index (κ3) is 3.35. The van der Waals surface area contributed by atoms with Crippen LogP contribution in [0.15, 0.2) is 18.2 Å². The Balaban J connectivity index is 2.29. The lowest BCUT2D eigenvalue weighted by Crippen LogP contribution is -2.40. The number of carbonyl (C=O) groups excluding carboxylic acids is 1. The van der Waals surface area contributed by atoms with E-state index >= 15 is 0 Å². The maximum Gasteiger partial charge on any atom is 0.326 e. The smallest absolute Gasteiger partial charge is 0.326 e. The molecular weight excluding hydrogens is 270 g/mol. The number of hydrogen-bond donors (Lipinski definition) is 1. The molecule has 0 aliphatic carbocycles. The van der Waals surface area contributed by atoms with Gasteiger partial charge in [-0.05, 0) is 38.3 Å². The zero-order chi connectivity index (χ0) is 15.4. The van der Waals surface area contributed by atoms with E-state index in [-0.39, 0.29) is 5.91 Å². The molecule has 1 aromatic rings. The van der Waals surface area contributed by atoms with Crippen LogP contribution in [0.1, 0.15) is 42.1 Å². The summed E-state index contributed by atoms with van der Waals surface area (Å²) in [7, 11) is 0. The van der Waals surface area contributed by atoms with Crippen LogP contribution >= 0.6 is 0 Å². The average Bonchev–Trinajstić information content (AvgIpc) is 2.94. The maximum atomic E-state index is 12.7. The highest BCUT2D eigenvalue weighted by molar-refractivity contribution is 5.99. The lowest BCUT2D eigenvalue weighted by atomic mass is 10.1. The number of benzene rings is 1. The number of rotatable bonds is 5. The van der Waals surface area contributed by atoms with Gasteiger partial charge in [0.05, 0.1) is 12.2 Å². The molecule has 1 heterocycles. The van der Waals surface area contributed by atoms with E-state index in [9.17, 15) is 14.7 Å². The molecule has 21 heavy (non-hydrogen) atoms. The molecule has 1 amide bonds. The summed E-state index contributed by atoms with van der Waals surface area (Å²) in [5.74, 6) is -0.664. The third-order valence-electron chi connectivity index (χ3n) is 3.63. The van der Waals surface area contributed by atoms with Gasteiger partial charge in [0, 0.05) is 6.54 Å². The normalized spacial score (nSPS) is 17.8. The van der Waals surface area contributed by atoms with Crippen LogP contribution in [0.2, 0.25) is 0 Å². The van der Waals surface area contributed by atoms with E-state index in [2.05, 4.69) is 0 Å². The Bertz CT molecular complexity index is 541. The summed E-state index contributed by atoms with van der Waals surface area (Å²) in [4.78, 5) is 25.4. The Morgan fingerprint density at radius 1 is 1.43 bits per heavy atom. The predicted octanol–water partition coefficient (Wildman–Crippen LogP) is 2.47. The summed E-state index contributed by atoms with van der Waals surface area (Å²) >= 11 is 0. The number of aliphatic carboxylic acids is 1. The monoisotopic (exact) mass is 291 g/mol. The highest BCUT2D eigenvalue weighted by Gasteiger charge is 2.35. The molecule has 1 N–H and O–H groups in total. The third-order valence-corrected chi connectivity index (χ3v) is 3.63. The van der Waals surface area contributed by atoms with Crippen LogP contribution in [0.5, 0.6) is 5.75 Å². The van der Waals surface area contributed by atoms with Gasteiger partial charge in [0.25, 0.3) is 5.91 Å². The molecule has 0 radical (unpaired) electrons. The van der Waals surface area contributed by atoms with Gasteiger partial charge >= 0.3 is 5.97 Å². The Morgan fingerprint density at radius 2 is 2.19 bits per heavy atom. The number of carbonyl (C=O) groups is 2. The van der Waals surface area contributed by atoms with Gasteiger partial charge in [-0.3, -0.25) is 4.79 Å². The van der Waals surface area contributed by atoms with Crippen LogP contribution in [0.4, 0.5) is 0 Å². The molecule has 1 fully saturated rings. The minimum absolute atomic E-state index is 0.255. The summed E-state index contributed by atoms with van der Waals surface area (Å²) < 4.78 is 5.62. The van der Waals surface area contributed by atoms with Crippen LogP contribution in [0, 0.1) is 6.92 Å². The first-order valence-corrected chi connectivity index (χ1v) is 7.31. The summed E-state index contributed by atoms with van der Waals surface area (Å²) in [5.41, 5.74) is 1.41. The standard InChI is InChI=1S/C16H21NO4/c1-3-9-21-14-7-6-11(2)10-12(14)15(18)17-8-4-5-13(17)16(19)20/h6-7,10,13H,3-5,8-9H2,1-2H3,(H,19,20). The van der Waals surface area contributed by atoms with E-state index < -0.39 is 12.0 Å². The predicted molar refractivity (Wildman–Crippen MR) is 78.7 cm³/mol. The molecule has 0 bridgehead atoms. The van der Waals surface area contributed by atoms with E-state index in [4.69, 9.17) is 4.74 Å². The van der Waals surface area contributed by atoms with Crippen LogP contribution in [0.3, 0.4) is 0 Å². The fourth-order valence-corrected chi connectivity index (χ4v) is 2.57. The molecule has 0 spiro atoms. The fraction of sp³-hybridized carbons (Fsp3) is 0.500. The van der Waals surface area contributed by atoms with Crippen molar-refractivity contribution in [3.05, 3.63) is 29.3 Å². The molecule has 1 aliphatic heterocycles. The molecule has 0 saturated carbocycles. The molecule has 5 nitrogen and oxygen atoms in total. The van der Waals surface area contributed by atoms with Gasteiger partial charge in [-0.2, -0.15) is 0 Å².